The van der Waals surface area contributed by atoms with Gasteiger partial charge in [-0.15, -0.1) is 0 Å². The Hall–Kier alpha value is -1.34. The Morgan fingerprint density at radius 2 is 2.25 bits per heavy atom. The van der Waals surface area contributed by atoms with E-state index >= 15 is 0 Å². The average Bonchev–Trinajstić information content (AvgIpc) is 2.99. The maximum atomic E-state index is 12.5. The highest BCUT2D eigenvalue weighted by Crippen LogP contribution is 2.31. The molecular weight excluding hydrogens is 274 g/mol. The zero-order valence-electron chi connectivity index (χ0n) is 11.5. The van der Waals surface area contributed by atoms with E-state index in [1.807, 2.05) is 4.90 Å². The van der Waals surface area contributed by atoms with Crippen LogP contribution in [0.5, 0.6) is 0 Å². The van der Waals surface area contributed by atoms with Gasteiger partial charge >= 0.3 is 0 Å². The minimum Gasteiger partial charge on any atom is -0.382 e. The van der Waals surface area contributed by atoms with Crippen LogP contribution in [0.1, 0.15) is 35.4 Å². The number of anilines is 2. The summed E-state index contributed by atoms with van der Waals surface area (Å²) in [5, 5.41) is 4.11. The fourth-order valence-electron chi connectivity index (χ4n) is 2.63. The molecule has 1 amide bonds. The third-order valence-corrected chi connectivity index (χ3v) is 5.18. The van der Waals surface area contributed by atoms with Gasteiger partial charge in [-0.3, -0.25) is 4.79 Å². The van der Waals surface area contributed by atoms with E-state index in [-0.39, 0.29) is 5.91 Å². The second-order valence-electron chi connectivity index (χ2n) is 5.65. The summed E-state index contributed by atoms with van der Waals surface area (Å²) in [6.45, 7) is 2.14. The van der Waals surface area contributed by atoms with Crippen LogP contribution in [0, 0.1) is 5.92 Å². The van der Waals surface area contributed by atoms with Gasteiger partial charge in [-0.05, 0) is 38.1 Å². The van der Waals surface area contributed by atoms with E-state index in [0.29, 0.717) is 29.2 Å². The van der Waals surface area contributed by atoms with Gasteiger partial charge in [-0.2, -0.15) is 0 Å². The molecule has 20 heavy (non-hydrogen) atoms. The summed E-state index contributed by atoms with van der Waals surface area (Å²) < 4.78 is 0. The predicted molar refractivity (Wildman–Crippen MR) is 80.9 cm³/mol. The number of carbonyl (C=O) groups excluding carboxylic acids is 1. The van der Waals surface area contributed by atoms with Crippen LogP contribution in [0.4, 0.5) is 10.9 Å². The number of amides is 1. The van der Waals surface area contributed by atoms with E-state index in [0.717, 1.165) is 24.6 Å². The molecule has 3 rings (SSSR count). The van der Waals surface area contributed by atoms with Crippen molar-refractivity contribution in [2.24, 2.45) is 11.7 Å². The fourth-order valence-corrected chi connectivity index (χ4v) is 3.56. The number of hydrogen-bond acceptors (Lipinski definition) is 6. The van der Waals surface area contributed by atoms with Gasteiger partial charge in [0.05, 0.1) is 0 Å². The number of nitrogens with zero attached hydrogens (tertiary/aromatic N) is 2. The SMILES string of the molecule is NCC1CCN(C(=O)c2sc(NC3CCC3)nc2N)C1. The standard InChI is InChI=1S/C13H21N5OS/c14-6-8-4-5-18(7-8)12(19)10-11(15)17-13(20-10)16-9-2-1-3-9/h8-9H,1-7,14-15H2,(H,16,17). The number of nitrogen functional groups attached to an aromatic ring is 1. The number of likely N-dealkylation sites (tertiary alicyclic amines) is 1. The number of carbonyl (C=O) groups is 1. The smallest absolute Gasteiger partial charge is 0.267 e. The van der Waals surface area contributed by atoms with E-state index in [1.165, 1.54) is 30.6 Å². The first-order valence-electron chi connectivity index (χ1n) is 7.19. The molecule has 110 valence electrons. The molecule has 2 fully saturated rings. The molecule has 7 heteroatoms. The minimum absolute atomic E-state index is 0.00221. The molecule has 1 aromatic heterocycles. The summed E-state index contributed by atoms with van der Waals surface area (Å²) in [5.74, 6) is 0.760. The van der Waals surface area contributed by atoms with Crippen molar-refractivity contribution in [1.82, 2.24) is 9.88 Å². The summed E-state index contributed by atoms with van der Waals surface area (Å²) in [4.78, 5) is 19.1. The molecule has 1 saturated heterocycles. The van der Waals surface area contributed by atoms with Crippen molar-refractivity contribution in [3.05, 3.63) is 4.88 Å². The molecule has 0 bridgehead atoms. The van der Waals surface area contributed by atoms with E-state index in [9.17, 15) is 4.79 Å². The number of nitrogens with two attached hydrogens (primary N) is 2. The molecule has 0 aromatic carbocycles. The first kappa shape index (κ1) is 13.6. The molecule has 2 heterocycles. The van der Waals surface area contributed by atoms with Gasteiger partial charge in [0.1, 0.15) is 10.7 Å². The van der Waals surface area contributed by atoms with E-state index in [4.69, 9.17) is 11.5 Å². The van der Waals surface area contributed by atoms with Crippen LogP contribution in [0.15, 0.2) is 0 Å². The van der Waals surface area contributed by atoms with Crippen LogP contribution in [-0.2, 0) is 0 Å². The van der Waals surface area contributed by atoms with Gasteiger partial charge in [0.25, 0.3) is 5.91 Å². The van der Waals surface area contributed by atoms with Gasteiger partial charge in [-0.1, -0.05) is 11.3 Å². The molecule has 1 aliphatic carbocycles. The van der Waals surface area contributed by atoms with E-state index in [2.05, 4.69) is 10.3 Å². The Morgan fingerprint density at radius 1 is 1.45 bits per heavy atom. The number of rotatable bonds is 4. The number of nitrogens with one attached hydrogen (secondary N) is 1. The molecule has 6 nitrogen and oxygen atoms in total. The molecule has 1 atom stereocenters. The normalized spacial score (nSPS) is 22.9. The molecule has 1 unspecified atom stereocenters. The fraction of sp³-hybridized carbons (Fsp3) is 0.692. The van der Waals surface area contributed by atoms with Crippen molar-refractivity contribution < 1.29 is 4.79 Å². The highest BCUT2D eigenvalue weighted by atomic mass is 32.1. The molecular formula is C13H21N5OS. The van der Waals surface area contributed by atoms with Crippen molar-refractivity contribution in [3.63, 3.8) is 0 Å². The van der Waals surface area contributed by atoms with Crippen LogP contribution in [0.3, 0.4) is 0 Å². The first-order valence-corrected chi connectivity index (χ1v) is 8.01. The number of thiazole rings is 1. The topological polar surface area (TPSA) is 97.3 Å². The Morgan fingerprint density at radius 3 is 2.85 bits per heavy atom. The Bertz CT molecular complexity index is 499. The third kappa shape index (κ3) is 2.60. The Balaban J connectivity index is 1.68. The Labute approximate surface area is 122 Å². The lowest BCUT2D eigenvalue weighted by Crippen LogP contribution is -2.29. The lowest BCUT2D eigenvalue weighted by molar-refractivity contribution is 0.0793. The largest absolute Gasteiger partial charge is 0.382 e. The highest BCUT2D eigenvalue weighted by Gasteiger charge is 2.29. The minimum atomic E-state index is -0.00221. The molecule has 1 aromatic rings. The van der Waals surface area contributed by atoms with Gasteiger partial charge in [0.15, 0.2) is 5.13 Å². The molecule has 5 N–H and O–H groups in total. The highest BCUT2D eigenvalue weighted by molar-refractivity contribution is 7.18. The van der Waals surface area contributed by atoms with Gasteiger partial charge in [-0.25, -0.2) is 4.98 Å². The number of hydrogen-bond donors (Lipinski definition) is 3. The monoisotopic (exact) mass is 295 g/mol. The van der Waals surface area contributed by atoms with Crippen LogP contribution in [-0.4, -0.2) is 41.5 Å². The van der Waals surface area contributed by atoms with Crippen molar-refractivity contribution in [3.8, 4) is 0 Å². The van der Waals surface area contributed by atoms with Crippen LogP contribution >= 0.6 is 11.3 Å². The molecule has 0 spiro atoms. The van der Waals surface area contributed by atoms with Crippen LogP contribution < -0.4 is 16.8 Å². The van der Waals surface area contributed by atoms with Crippen molar-refractivity contribution in [1.29, 1.82) is 0 Å². The van der Waals surface area contributed by atoms with Gasteiger partial charge in [0.2, 0.25) is 0 Å². The van der Waals surface area contributed by atoms with Gasteiger partial charge in [0, 0.05) is 19.1 Å². The van der Waals surface area contributed by atoms with Crippen molar-refractivity contribution >= 4 is 28.2 Å². The van der Waals surface area contributed by atoms with Crippen molar-refractivity contribution in [2.45, 2.75) is 31.7 Å². The second kappa shape index (κ2) is 5.57. The molecule has 1 saturated carbocycles. The van der Waals surface area contributed by atoms with Crippen molar-refractivity contribution in [2.75, 3.05) is 30.7 Å². The lowest BCUT2D eigenvalue weighted by Gasteiger charge is -2.25. The molecule has 2 aliphatic rings. The third-order valence-electron chi connectivity index (χ3n) is 4.19. The summed E-state index contributed by atoms with van der Waals surface area (Å²) in [7, 11) is 0. The lowest BCUT2D eigenvalue weighted by atomic mass is 9.93. The summed E-state index contributed by atoms with van der Waals surface area (Å²) >= 11 is 1.37. The van der Waals surface area contributed by atoms with E-state index in [1.54, 1.807) is 0 Å². The summed E-state index contributed by atoms with van der Waals surface area (Å²) in [5.41, 5.74) is 11.6. The predicted octanol–water partition coefficient (Wildman–Crippen LogP) is 1.11. The van der Waals surface area contributed by atoms with Crippen LogP contribution in [0.2, 0.25) is 0 Å². The summed E-state index contributed by atoms with van der Waals surface area (Å²) in [6.07, 6.45) is 4.59. The average molecular weight is 295 g/mol. The zero-order valence-corrected chi connectivity index (χ0v) is 12.3. The second-order valence-corrected chi connectivity index (χ2v) is 6.65. The Kier molecular flexibility index (Phi) is 3.80. The quantitative estimate of drug-likeness (QED) is 0.773. The van der Waals surface area contributed by atoms with E-state index < -0.39 is 0 Å². The maximum Gasteiger partial charge on any atom is 0.267 e. The first-order chi connectivity index (χ1) is 9.67. The molecule has 0 radical (unpaired) electrons. The maximum absolute atomic E-state index is 12.5. The number of aromatic nitrogens is 1. The van der Waals surface area contributed by atoms with Gasteiger partial charge < -0.3 is 21.7 Å². The zero-order chi connectivity index (χ0) is 14.1. The molecule has 1 aliphatic heterocycles. The summed E-state index contributed by atoms with van der Waals surface area (Å²) in [6, 6.07) is 0.497. The van der Waals surface area contributed by atoms with Crippen LogP contribution in [0.25, 0.3) is 0 Å².